The molecule has 4 fully saturated rings. The van der Waals surface area contributed by atoms with E-state index in [4.69, 9.17) is 4.42 Å². The van der Waals surface area contributed by atoms with Crippen molar-refractivity contribution in [3.05, 3.63) is 212 Å². The Labute approximate surface area is 375 Å². The van der Waals surface area contributed by atoms with E-state index >= 15 is 0 Å². The van der Waals surface area contributed by atoms with Gasteiger partial charge in [-0.1, -0.05) is 158 Å². The minimum atomic E-state index is 0.416. The fourth-order valence-electron chi connectivity index (χ4n) is 12.8. The second kappa shape index (κ2) is 15.0. The molecule has 64 heavy (non-hydrogen) atoms. The number of furan rings is 1. The van der Waals surface area contributed by atoms with E-state index in [2.05, 4.69) is 205 Å². The Bertz CT molecular complexity index is 3280. The van der Waals surface area contributed by atoms with Gasteiger partial charge in [-0.3, -0.25) is 0 Å². The summed E-state index contributed by atoms with van der Waals surface area (Å²) in [4.78, 5) is 2.39. The van der Waals surface area contributed by atoms with Crippen molar-refractivity contribution >= 4 is 49.8 Å². The number of benzene rings is 9. The number of nitrogens with zero attached hydrogens (tertiary/aromatic N) is 1. The van der Waals surface area contributed by atoms with Crippen LogP contribution in [0, 0.1) is 17.8 Å². The monoisotopic (exact) mass is 823 g/mol. The summed E-state index contributed by atoms with van der Waals surface area (Å²) in [6.07, 6.45) is 8.64. The third kappa shape index (κ3) is 6.30. The van der Waals surface area contributed by atoms with E-state index in [1.807, 2.05) is 6.07 Å². The number of fused-ring (bicyclic) bond motifs is 4. The molecule has 4 aliphatic rings. The first-order valence-corrected chi connectivity index (χ1v) is 23.3. The van der Waals surface area contributed by atoms with E-state index in [0.29, 0.717) is 5.41 Å². The Kier molecular flexibility index (Phi) is 8.76. The van der Waals surface area contributed by atoms with E-state index in [-0.39, 0.29) is 0 Å². The molecule has 1 aromatic heterocycles. The van der Waals surface area contributed by atoms with Gasteiger partial charge >= 0.3 is 0 Å². The van der Waals surface area contributed by atoms with Crippen LogP contribution in [0.5, 0.6) is 0 Å². The molecule has 0 aliphatic heterocycles. The lowest BCUT2D eigenvalue weighted by atomic mass is 9.48. The molecule has 4 saturated carbocycles. The van der Waals surface area contributed by atoms with Crippen LogP contribution < -0.4 is 4.90 Å². The largest absolute Gasteiger partial charge is 0.456 e. The van der Waals surface area contributed by atoms with E-state index in [1.54, 1.807) is 5.56 Å². The van der Waals surface area contributed by atoms with Gasteiger partial charge in [0, 0.05) is 27.8 Å². The minimum Gasteiger partial charge on any atom is -0.456 e. The highest BCUT2D eigenvalue weighted by Crippen LogP contribution is 2.61. The van der Waals surface area contributed by atoms with Crippen molar-refractivity contribution in [2.75, 3.05) is 4.90 Å². The van der Waals surface area contributed by atoms with Crippen LogP contribution in [0.1, 0.15) is 44.1 Å². The molecule has 0 N–H and O–H groups in total. The van der Waals surface area contributed by atoms with Crippen molar-refractivity contribution in [2.24, 2.45) is 17.8 Å². The van der Waals surface area contributed by atoms with Crippen LogP contribution in [0.3, 0.4) is 0 Å². The first-order valence-electron chi connectivity index (χ1n) is 23.3. The zero-order valence-electron chi connectivity index (χ0n) is 36.0. The predicted molar refractivity (Wildman–Crippen MR) is 268 cm³/mol. The number of rotatable bonds is 8. The van der Waals surface area contributed by atoms with Crippen molar-refractivity contribution in [1.29, 1.82) is 0 Å². The maximum absolute atomic E-state index is 6.27. The minimum absolute atomic E-state index is 0.416. The van der Waals surface area contributed by atoms with Crippen LogP contribution in [-0.2, 0) is 5.41 Å². The highest BCUT2D eigenvalue weighted by molar-refractivity contribution is 6.12. The molecular weight excluding hydrogens is 775 g/mol. The van der Waals surface area contributed by atoms with Gasteiger partial charge in [0.05, 0.1) is 0 Å². The number of anilines is 3. The molecule has 0 atom stereocenters. The molecule has 0 saturated heterocycles. The summed E-state index contributed by atoms with van der Waals surface area (Å²) in [5.74, 6) is 2.85. The maximum Gasteiger partial charge on any atom is 0.136 e. The SMILES string of the molecule is c1ccc(-c2cccc3cccc(-c4ccc(N(c5ccc(-c6ccc(C78CC9CC(CC(C9)C7)C8)cc6)cc5)c5ccc(-c6cccc7oc8ccccc8c67)cc5)cc4)c23)cc1. The van der Waals surface area contributed by atoms with Crippen LogP contribution in [0.15, 0.2) is 211 Å². The van der Waals surface area contributed by atoms with E-state index in [0.717, 1.165) is 62.3 Å². The Morgan fingerprint density at radius 2 is 0.797 bits per heavy atom. The lowest BCUT2D eigenvalue weighted by molar-refractivity contribution is -0.00518. The van der Waals surface area contributed by atoms with Crippen molar-refractivity contribution in [3.63, 3.8) is 0 Å². The Morgan fingerprint density at radius 3 is 1.36 bits per heavy atom. The average molecular weight is 824 g/mol. The van der Waals surface area contributed by atoms with Crippen molar-refractivity contribution in [3.8, 4) is 44.5 Å². The van der Waals surface area contributed by atoms with Crippen LogP contribution in [0.25, 0.3) is 77.2 Å². The molecule has 4 bridgehead atoms. The van der Waals surface area contributed by atoms with E-state index in [1.165, 1.54) is 88.2 Å². The van der Waals surface area contributed by atoms with Crippen LogP contribution in [-0.4, -0.2) is 0 Å². The molecule has 2 nitrogen and oxygen atoms in total. The highest BCUT2D eigenvalue weighted by Gasteiger charge is 2.51. The summed E-state index contributed by atoms with van der Waals surface area (Å²) in [7, 11) is 0. The van der Waals surface area contributed by atoms with Gasteiger partial charge in [-0.2, -0.15) is 0 Å². The zero-order valence-corrected chi connectivity index (χ0v) is 36.0. The fraction of sp³-hybridized carbons (Fsp3) is 0.161. The Balaban J connectivity index is 0.868. The quantitative estimate of drug-likeness (QED) is 0.152. The second-order valence-corrected chi connectivity index (χ2v) is 19.1. The molecule has 0 spiro atoms. The van der Waals surface area contributed by atoms with Crippen LogP contribution >= 0.6 is 0 Å². The van der Waals surface area contributed by atoms with Crippen molar-refractivity contribution in [2.45, 2.75) is 43.9 Å². The molecule has 14 rings (SSSR count). The maximum atomic E-state index is 6.27. The van der Waals surface area contributed by atoms with Gasteiger partial charge in [0.2, 0.25) is 0 Å². The summed E-state index contributed by atoms with van der Waals surface area (Å²) >= 11 is 0. The highest BCUT2D eigenvalue weighted by atomic mass is 16.3. The van der Waals surface area contributed by atoms with E-state index in [9.17, 15) is 0 Å². The summed E-state index contributed by atoms with van der Waals surface area (Å²) in [6, 6.07) is 75.8. The zero-order chi connectivity index (χ0) is 42.2. The Hall–Kier alpha value is -7.16. The standard InChI is InChI=1S/C62H49NO/c1-2-9-46(10-3-1)54-14-6-11-49-12-7-15-55(60(49)54)47-23-31-52(32-24-47)63(53-33-25-48(26-34-53)56-16-8-18-59-61(56)57-13-4-5-17-58(57)64-59)51-29-21-45(22-30-51)44-19-27-50(28-20-44)62-38-41-35-42(39-62)37-43(36-41)40-62/h1-34,41-43H,35-40H2. The average Bonchev–Trinajstić information content (AvgIpc) is 3.74. The van der Waals surface area contributed by atoms with Gasteiger partial charge in [-0.15, -0.1) is 0 Å². The molecule has 9 aromatic carbocycles. The van der Waals surface area contributed by atoms with Crippen molar-refractivity contribution < 1.29 is 4.42 Å². The third-order valence-corrected chi connectivity index (χ3v) is 15.3. The molecule has 2 heteroatoms. The third-order valence-electron chi connectivity index (χ3n) is 15.3. The molecule has 10 aromatic rings. The molecule has 308 valence electrons. The molecule has 1 heterocycles. The van der Waals surface area contributed by atoms with Gasteiger partial charge in [0.15, 0.2) is 0 Å². The van der Waals surface area contributed by atoms with Crippen LogP contribution in [0.4, 0.5) is 17.1 Å². The molecule has 4 aliphatic carbocycles. The Morgan fingerprint density at radius 1 is 0.359 bits per heavy atom. The summed E-state index contributed by atoms with van der Waals surface area (Å²) in [5.41, 5.74) is 16.9. The fourth-order valence-corrected chi connectivity index (χ4v) is 12.8. The molecule has 0 unspecified atom stereocenters. The lowest BCUT2D eigenvalue weighted by Gasteiger charge is -2.57. The number of hydrogen-bond donors (Lipinski definition) is 0. The molecular formula is C62H49NO. The number of para-hydroxylation sites is 1. The van der Waals surface area contributed by atoms with Crippen LogP contribution in [0.2, 0.25) is 0 Å². The first kappa shape index (κ1) is 37.4. The summed E-state index contributed by atoms with van der Waals surface area (Å²) in [5, 5.41) is 4.82. The molecule has 0 amide bonds. The predicted octanol–water partition coefficient (Wildman–Crippen LogP) is 17.3. The topological polar surface area (TPSA) is 16.4 Å². The normalized spacial score (nSPS) is 20.0. The second-order valence-electron chi connectivity index (χ2n) is 19.1. The van der Waals surface area contributed by atoms with Gasteiger partial charge in [0.1, 0.15) is 11.2 Å². The van der Waals surface area contributed by atoms with E-state index < -0.39 is 0 Å². The smallest absolute Gasteiger partial charge is 0.136 e. The summed E-state index contributed by atoms with van der Waals surface area (Å²) in [6.45, 7) is 0. The van der Waals surface area contributed by atoms with Gasteiger partial charge < -0.3 is 9.32 Å². The van der Waals surface area contributed by atoms with Gasteiger partial charge in [0.25, 0.3) is 0 Å². The lowest BCUT2D eigenvalue weighted by Crippen LogP contribution is -2.48. The first-order chi connectivity index (χ1) is 31.6. The van der Waals surface area contributed by atoms with Crippen molar-refractivity contribution in [1.82, 2.24) is 0 Å². The van der Waals surface area contributed by atoms with Gasteiger partial charge in [-0.05, 0) is 171 Å². The number of hydrogen-bond acceptors (Lipinski definition) is 2. The summed E-state index contributed by atoms with van der Waals surface area (Å²) < 4.78 is 6.27. The van der Waals surface area contributed by atoms with Gasteiger partial charge in [-0.25, -0.2) is 0 Å². The molecule has 0 radical (unpaired) electrons.